The van der Waals surface area contributed by atoms with E-state index in [9.17, 15) is 0 Å². The Morgan fingerprint density at radius 1 is 1.00 bits per heavy atom. The molecule has 0 nitrogen and oxygen atoms in total. The molecule has 0 heteroatoms. The minimum Gasteiger partial charge on any atom is -0.106 e. The van der Waals surface area contributed by atoms with Crippen molar-refractivity contribution in [2.75, 3.05) is 0 Å². The second-order valence-electron chi connectivity index (χ2n) is 1.44. The van der Waals surface area contributed by atoms with Crippen LogP contribution in [0, 0.1) is 0 Å². The molecule has 0 rings (SSSR count). The van der Waals surface area contributed by atoms with Crippen molar-refractivity contribution in [3.8, 4) is 0 Å². The molecule has 0 atom stereocenters. The van der Waals surface area contributed by atoms with E-state index in [1.807, 2.05) is 46.8 Å². The van der Waals surface area contributed by atoms with Crippen molar-refractivity contribution in [3.05, 3.63) is 50.1 Å². The zero-order valence-electron chi connectivity index (χ0n) is 10.1. The average Bonchev–Trinajstić information content (AvgIpc) is 2.24. The molecule has 0 spiro atoms. The van der Waals surface area contributed by atoms with Gasteiger partial charge >= 0.3 is 0 Å². The summed E-state index contributed by atoms with van der Waals surface area (Å²) >= 11 is 0. The lowest BCUT2D eigenvalue weighted by Crippen LogP contribution is -1.55. The maximum Gasteiger partial charge on any atom is -0.0404 e. The van der Waals surface area contributed by atoms with E-state index in [0.717, 1.165) is 5.57 Å². The highest BCUT2D eigenvalue weighted by molar-refractivity contribution is 5.15. The molecule has 0 saturated heterocycles. The molecule has 0 aliphatic rings. The van der Waals surface area contributed by atoms with Crippen molar-refractivity contribution in [2.24, 2.45) is 0 Å². The van der Waals surface area contributed by atoms with Gasteiger partial charge in [-0.3, -0.25) is 0 Å². The fourth-order valence-corrected chi connectivity index (χ4v) is 0.232. The average molecular weight is 182 g/mol. The molecule has 0 unspecified atom stereocenters. The predicted octanol–water partition coefficient (Wildman–Crippen LogP) is 5.16. The fraction of sp³-hybridized carbons (Fsp3) is 0.385. The van der Waals surface area contributed by atoms with Crippen LogP contribution in [-0.2, 0) is 0 Å². The second-order valence-corrected chi connectivity index (χ2v) is 1.44. The van der Waals surface area contributed by atoms with Crippen molar-refractivity contribution >= 4 is 0 Å². The Hall–Kier alpha value is -1.04. The summed E-state index contributed by atoms with van der Waals surface area (Å²) in [5, 5.41) is 0. The van der Waals surface area contributed by atoms with E-state index in [1.165, 1.54) is 0 Å². The van der Waals surface area contributed by atoms with Crippen molar-refractivity contribution in [3.63, 3.8) is 0 Å². The van der Waals surface area contributed by atoms with Gasteiger partial charge in [-0.25, -0.2) is 0 Å². The minimum atomic E-state index is 1.06. The Morgan fingerprint density at radius 2 is 1.31 bits per heavy atom. The highest BCUT2D eigenvalue weighted by Crippen LogP contribution is 1.86. The van der Waals surface area contributed by atoms with Crippen LogP contribution < -0.4 is 0 Å². The van der Waals surface area contributed by atoms with Gasteiger partial charge in [-0.05, 0) is 6.92 Å². The number of allylic oxidation sites excluding steroid dienone is 4. The lowest BCUT2D eigenvalue weighted by atomic mass is 10.3. The van der Waals surface area contributed by atoms with Gasteiger partial charge in [0.05, 0.1) is 0 Å². The van der Waals surface area contributed by atoms with E-state index in [2.05, 4.69) is 26.3 Å². The number of hydrogen-bond donors (Lipinski definition) is 0. The van der Waals surface area contributed by atoms with Gasteiger partial charge in [-0.1, -0.05) is 64.7 Å². The largest absolute Gasteiger partial charge is 0.106 e. The van der Waals surface area contributed by atoms with Gasteiger partial charge in [0.2, 0.25) is 0 Å². The first kappa shape index (κ1) is 22.7. The Bertz CT molecular complexity index is 107. The molecule has 0 fully saturated rings. The molecule has 0 heterocycles. The number of rotatable bonds is 2. The second kappa shape index (κ2) is 44.2. The summed E-state index contributed by atoms with van der Waals surface area (Å²) < 4.78 is 0. The third-order valence-corrected chi connectivity index (χ3v) is 0.517. The number of hydrogen-bond acceptors (Lipinski definition) is 0. The summed E-state index contributed by atoms with van der Waals surface area (Å²) in [7, 11) is 0. The molecule has 0 aliphatic carbocycles. The van der Waals surface area contributed by atoms with E-state index >= 15 is 0 Å². The van der Waals surface area contributed by atoms with E-state index in [-0.39, 0.29) is 0 Å². The molecule has 0 saturated carbocycles. The Kier molecular flexibility index (Phi) is 77.1. The molecular weight excluding hydrogens is 156 g/mol. The summed E-state index contributed by atoms with van der Waals surface area (Å²) in [6, 6.07) is 0. The summed E-state index contributed by atoms with van der Waals surface area (Å²) in [4.78, 5) is 0. The van der Waals surface area contributed by atoms with E-state index < -0.39 is 0 Å². The molecule has 0 aromatic heterocycles. The van der Waals surface area contributed by atoms with Crippen LogP contribution in [0.2, 0.25) is 0 Å². The normalized spacial score (nSPS) is 6.23. The molecule has 13 heavy (non-hydrogen) atoms. The zero-order chi connectivity index (χ0) is 11.7. The van der Waals surface area contributed by atoms with Crippen molar-refractivity contribution in [1.29, 1.82) is 0 Å². The van der Waals surface area contributed by atoms with Crippen LogP contribution in [0.1, 0.15) is 34.6 Å². The van der Waals surface area contributed by atoms with Crippen molar-refractivity contribution in [1.82, 2.24) is 0 Å². The topological polar surface area (TPSA) is 0 Å². The molecule has 0 aromatic carbocycles. The maximum atomic E-state index is 3.66. The lowest BCUT2D eigenvalue weighted by molar-refractivity contribution is 1.50. The van der Waals surface area contributed by atoms with Gasteiger partial charge in [-0.2, -0.15) is 0 Å². The van der Waals surface area contributed by atoms with Crippen molar-refractivity contribution in [2.45, 2.75) is 34.6 Å². The SMILES string of the molecule is C=C.C=C/C=C\C(=C)C.CC.CC. The van der Waals surface area contributed by atoms with Crippen LogP contribution in [0.25, 0.3) is 0 Å². The third-order valence-electron chi connectivity index (χ3n) is 0.517. The Morgan fingerprint density at radius 3 is 1.38 bits per heavy atom. The fourth-order valence-electron chi connectivity index (χ4n) is 0.232. The molecule has 0 amide bonds. The summed E-state index contributed by atoms with van der Waals surface area (Å²) in [5.74, 6) is 0. The first-order valence-electron chi connectivity index (χ1n) is 4.72. The molecule has 0 aromatic rings. The monoisotopic (exact) mass is 182 g/mol. The molecular formula is C13H26. The van der Waals surface area contributed by atoms with Gasteiger partial charge in [0.15, 0.2) is 0 Å². The summed E-state index contributed by atoms with van der Waals surface area (Å²) in [6.45, 7) is 23.1. The standard InChI is InChI=1S/C7H10.2C2H6.C2H4/c1-4-5-6-7(2)3;3*1-2/h4-6H,1-2H2,3H3;2*1-2H3;1-2H2/b6-5-;;;. The van der Waals surface area contributed by atoms with Crippen LogP contribution in [0.15, 0.2) is 50.1 Å². The van der Waals surface area contributed by atoms with Crippen molar-refractivity contribution < 1.29 is 0 Å². The van der Waals surface area contributed by atoms with E-state index in [4.69, 9.17) is 0 Å². The quantitative estimate of drug-likeness (QED) is 0.409. The first-order valence-corrected chi connectivity index (χ1v) is 4.72. The highest BCUT2D eigenvalue weighted by atomic mass is 13.7. The molecule has 78 valence electrons. The highest BCUT2D eigenvalue weighted by Gasteiger charge is 1.65. The third kappa shape index (κ3) is 100. The van der Waals surface area contributed by atoms with Gasteiger partial charge in [0.25, 0.3) is 0 Å². The Balaban J connectivity index is -0.0000000573. The molecule has 0 aliphatic heterocycles. The van der Waals surface area contributed by atoms with Gasteiger partial charge in [0, 0.05) is 0 Å². The van der Waals surface area contributed by atoms with Crippen LogP contribution in [-0.4, -0.2) is 0 Å². The van der Waals surface area contributed by atoms with E-state index in [0.29, 0.717) is 0 Å². The van der Waals surface area contributed by atoms with Crippen LogP contribution >= 0.6 is 0 Å². The van der Waals surface area contributed by atoms with Gasteiger partial charge < -0.3 is 0 Å². The predicted molar refractivity (Wildman–Crippen MR) is 68.1 cm³/mol. The zero-order valence-corrected chi connectivity index (χ0v) is 10.1. The Labute approximate surface area is 85.4 Å². The minimum absolute atomic E-state index is 1.06. The maximum absolute atomic E-state index is 3.66. The summed E-state index contributed by atoms with van der Waals surface area (Å²) in [5.41, 5.74) is 1.06. The van der Waals surface area contributed by atoms with Crippen LogP contribution in [0.3, 0.4) is 0 Å². The summed E-state index contributed by atoms with van der Waals surface area (Å²) in [6.07, 6.45) is 5.50. The van der Waals surface area contributed by atoms with Crippen LogP contribution in [0.5, 0.6) is 0 Å². The van der Waals surface area contributed by atoms with Gasteiger partial charge in [-0.15, -0.1) is 13.2 Å². The van der Waals surface area contributed by atoms with E-state index in [1.54, 1.807) is 6.08 Å². The van der Waals surface area contributed by atoms with Crippen LogP contribution in [0.4, 0.5) is 0 Å². The smallest absolute Gasteiger partial charge is 0.0404 e. The molecule has 0 radical (unpaired) electrons. The first-order chi connectivity index (χ1) is 6.27. The lowest BCUT2D eigenvalue weighted by Gasteiger charge is -1.77. The molecule has 0 N–H and O–H groups in total. The molecule has 0 bridgehead atoms. The van der Waals surface area contributed by atoms with Gasteiger partial charge in [0.1, 0.15) is 0 Å².